The number of benzene rings is 1. The van der Waals surface area contributed by atoms with Crippen LogP contribution in [0.2, 0.25) is 0 Å². The first-order chi connectivity index (χ1) is 9.15. The lowest BCUT2D eigenvalue weighted by Gasteiger charge is -1.97. The van der Waals surface area contributed by atoms with Gasteiger partial charge in [0, 0.05) is 11.8 Å². The highest BCUT2D eigenvalue weighted by atomic mass is 32.1. The number of thiocarbonyl (C=S) groups is 1. The summed E-state index contributed by atoms with van der Waals surface area (Å²) < 4.78 is 14.5. The Morgan fingerprint density at radius 1 is 1.21 bits per heavy atom. The van der Waals surface area contributed by atoms with E-state index in [2.05, 4.69) is 10.1 Å². The van der Waals surface area contributed by atoms with E-state index in [1.807, 2.05) is 0 Å². The van der Waals surface area contributed by atoms with Crippen molar-refractivity contribution in [1.82, 2.24) is 14.6 Å². The first-order valence-electron chi connectivity index (χ1n) is 5.56. The second-order valence-electron chi connectivity index (χ2n) is 4.00. The van der Waals surface area contributed by atoms with Gasteiger partial charge in [0.25, 0.3) is 0 Å². The molecule has 0 aliphatic carbocycles. The molecule has 0 saturated heterocycles. The van der Waals surface area contributed by atoms with Gasteiger partial charge in [0.1, 0.15) is 10.8 Å². The third kappa shape index (κ3) is 2.06. The minimum absolute atomic E-state index is 0.267. The van der Waals surface area contributed by atoms with Crippen LogP contribution in [0.15, 0.2) is 42.6 Å². The number of nitrogens with zero attached hydrogens (tertiary/aromatic N) is 3. The van der Waals surface area contributed by atoms with Gasteiger partial charge in [-0.1, -0.05) is 12.2 Å². The maximum absolute atomic E-state index is 12.9. The van der Waals surface area contributed by atoms with Crippen molar-refractivity contribution in [3.8, 4) is 11.4 Å². The molecule has 19 heavy (non-hydrogen) atoms. The second-order valence-corrected chi connectivity index (χ2v) is 4.44. The first-order valence-corrected chi connectivity index (χ1v) is 5.97. The van der Waals surface area contributed by atoms with E-state index in [9.17, 15) is 4.39 Å². The van der Waals surface area contributed by atoms with Crippen LogP contribution in [-0.2, 0) is 0 Å². The number of halogens is 1. The first kappa shape index (κ1) is 11.7. The van der Waals surface area contributed by atoms with E-state index in [-0.39, 0.29) is 10.8 Å². The Bertz CT molecular complexity index is 764. The fraction of sp³-hybridized carbons (Fsp3) is 0. The molecule has 0 unspecified atom stereocenters. The molecule has 0 bridgehead atoms. The summed E-state index contributed by atoms with van der Waals surface area (Å²) in [6.45, 7) is 0. The van der Waals surface area contributed by atoms with E-state index in [0.29, 0.717) is 17.0 Å². The normalized spacial score (nSPS) is 10.8. The summed E-state index contributed by atoms with van der Waals surface area (Å²) >= 11 is 4.98. The van der Waals surface area contributed by atoms with E-state index in [1.165, 1.54) is 12.1 Å². The molecule has 0 spiro atoms. The quantitative estimate of drug-likeness (QED) is 0.726. The van der Waals surface area contributed by atoms with E-state index in [1.54, 1.807) is 35.0 Å². The number of nitrogens with two attached hydrogens (primary N) is 1. The molecule has 0 fully saturated rings. The largest absolute Gasteiger partial charge is 0.389 e. The third-order valence-electron chi connectivity index (χ3n) is 2.73. The predicted molar refractivity (Wildman–Crippen MR) is 74.3 cm³/mol. The summed E-state index contributed by atoms with van der Waals surface area (Å²) in [5, 5.41) is 4.32. The second kappa shape index (κ2) is 4.40. The Morgan fingerprint density at radius 2 is 1.95 bits per heavy atom. The Balaban J connectivity index is 2.19. The van der Waals surface area contributed by atoms with E-state index >= 15 is 0 Å². The van der Waals surface area contributed by atoms with Gasteiger partial charge in [-0.05, 0) is 36.4 Å². The van der Waals surface area contributed by atoms with E-state index in [4.69, 9.17) is 18.0 Å². The van der Waals surface area contributed by atoms with Crippen LogP contribution in [0.1, 0.15) is 5.56 Å². The number of pyridine rings is 1. The molecule has 0 aliphatic rings. The van der Waals surface area contributed by atoms with Gasteiger partial charge >= 0.3 is 0 Å². The van der Waals surface area contributed by atoms with Gasteiger partial charge in [0.2, 0.25) is 0 Å². The summed E-state index contributed by atoms with van der Waals surface area (Å²) in [5.41, 5.74) is 7.64. The molecule has 2 aromatic heterocycles. The molecule has 3 rings (SSSR count). The van der Waals surface area contributed by atoms with Gasteiger partial charge in [-0.25, -0.2) is 13.9 Å². The monoisotopic (exact) mass is 272 g/mol. The zero-order chi connectivity index (χ0) is 13.4. The fourth-order valence-corrected chi connectivity index (χ4v) is 1.98. The number of fused-ring (bicyclic) bond motifs is 1. The fourth-order valence-electron chi connectivity index (χ4n) is 1.82. The standard InChI is InChI=1S/C13H9FN4S/c14-9-5-3-8(4-6-9)12-16-13-10(11(15)19)2-1-7-18(13)17-12/h1-7H,(H2,15,19). The van der Waals surface area contributed by atoms with Crippen LogP contribution in [0.25, 0.3) is 17.0 Å². The lowest BCUT2D eigenvalue weighted by atomic mass is 10.2. The van der Waals surface area contributed by atoms with Crippen molar-refractivity contribution in [3.63, 3.8) is 0 Å². The molecule has 0 atom stereocenters. The topological polar surface area (TPSA) is 56.2 Å². The summed E-state index contributed by atoms with van der Waals surface area (Å²) in [6.07, 6.45) is 1.76. The average molecular weight is 272 g/mol. The molecular weight excluding hydrogens is 263 g/mol. The number of aromatic nitrogens is 3. The number of hydrogen-bond donors (Lipinski definition) is 1. The zero-order valence-corrected chi connectivity index (χ0v) is 10.6. The summed E-state index contributed by atoms with van der Waals surface area (Å²) in [6, 6.07) is 9.59. The van der Waals surface area contributed by atoms with Crippen LogP contribution in [0.5, 0.6) is 0 Å². The predicted octanol–water partition coefficient (Wildman–Crippen LogP) is 2.17. The van der Waals surface area contributed by atoms with Crippen LogP contribution in [0, 0.1) is 5.82 Å². The SMILES string of the molecule is NC(=S)c1cccn2nc(-c3ccc(F)cc3)nc12. The van der Waals surface area contributed by atoms with Crippen molar-refractivity contribution in [3.05, 3.63) is 54.0 Å². The minimum Gasteiger partial charge on any atom is -0.389 e. The molecule has 3 aromatic rings. The lowest BCUT2D eigenvalue weighted by Crippen LogP contribution is -2.11. The average Bonchev–Trinajstić information content (AvgIpc) is 2.82. The molecule has 0 radical (unpaired) electrons. The van der Waals surface area contributed by atoms with Crippen LogP contribution < -0.4 is 5.73 Å². The van der Waals surface area contributed by atoms with Gasteiger partial charge in [0.05, 0.1) is 5.56 Å². The Kier molecular flexibility index (Phi) is 2.72. The molecular formula is C13H9FN4S. The molecule has 94 valence electrons. The highest BCUT2D eigenvalue weighted by Gasteiger charge is 2.10. The van der Waals surface area contributed by atoms with Crippen molar-refractivity contribution in [2.45, 2.75) is 0 Å². The van der Waals surface area contributed by atoms with Crippen molar-refractivity contribution in [2.75, 3.05) is 0 Å². The maximum Gasteiger partial charge on any atom is 0.182 e. The van der Waals surface area contributed by atoms with Gasteiger partial charge in [-0.3, -0.25) is 0 Å². The zero-order valence-electron chi connectivity index (χ0n) is 9.75. The third-order valence-corrected chi connectivity index (χ3v) is 2.95. The van der Waals surface area contributed by atoms with Crippen LogP contribution in [0.4, 0.5) is 4.39 Å². The Morgan fingerprint density at radius 3 is 2.63 bits per heavy atom. The summed E-state index contributed by atoms with van der Waals surface area (Å²) in [7, 11) is 0. The van der Waals surface area contributed by atoms with Crippen LogP contribution >= 0.6 is 12.2 Å². The van der Waals surface area contributed by atoms with Gasteiger partial charge in [-0.2, -0.15) is 0 Å². The lowest BCUT2D eigenvalue weighted by molar-refractivity contribution is 0.628. The van der Waals surface area contributed by atoms with Crippen LogP contribution in [-0.4, -0.2) is 19.6 Å². The molecule has 6 heteroatoms. The molecule has 0 amide bonds. The number of rotatable bonds is 2. The highest BCUT2D eigenvalue weighted by molar-refractivity contribution is 7.80. The Labute approximate surface area is 113 Å². The Hall–Kier alpha value is -2.34. The van der Waals surface area contributed by atoms with Gasteiger partial charge in [0.15, 0.2) is 11.5 Å². The molecule has 2 heterocycles. The molecule has 0 saturated carbocycles. The van der Waals surface area contributed by atoms with Crippen molar-refractivity contribution >= 4 is 22.9 Å². The van der Waals surface area contributed by atoms with Crippen molar-refractivity contribution in [2.24, 2.45) is 5.73 Å². The van der Waals surface area contributed by atoms with Gasteiger partial charge < -0.3 is 5.73 Å². The summed E-state index contributed by atoms with van der Waals surface area (Å²) in [5.74, 6) is 0.208. The van der Waals surface area contributed by atoms with Crippen LogP contribution in [0.3, 0.4) is 0 Å². The maximum atomic E-state index is 12.9. The molecule has 0 aliphatic heterocycles. The molecule has 1 aromatic carbocycles. The minimum atomic E-state index is -0.295. The van der Waals surface area contributed by atoms with Crippen molar-refractivity contribution in [1.29, 1.82) is 0 Å². The number of hydrogen-bond acceptors (Lipinski definition) is 3. The smallest absolute Gasteiger partial charge is 0.182 e. The molecule has 2 N–H and O–H groups in total. The van der Waals surface area contributed by atoms with E-state index < -0.39 is 0 Å². The van der Waals surface area contributed by atoms with Crippen molar-refractivity contribution < 1.29 is 4.39 Å². The molecule has 4 nitrogen and oxygen atoms in total. The van der Waals surface area contributed by atoms with Gasteiger partial charge in [-0.15, -0.1) is 5.10 Å². The summed E-state index contributed by atoms with van der Waals surface area (Å²) in [4.78, 5) is 4.66. The highest BCUT2D eigenvalue weighted by Crippen LogP contribution is 2.18. The van der Waals surface area contributed by atoms with E-state index in [0.717, 1.165) is 5.56 Å².